The van der Waals surface area contributed by atoms with Crippen molar-refractivity contribution < 1.29 is 23.1 Å². The third-order valence-electron chi connectivity index (χ3n) is 6.39. The number of nitrogens with zero attached hydrogens (tertiary/aromatic N) is 2. The van der Waals surface area contributed by atoms with Crippen molar-refractivity contribution in [3.8, 4) is 28.5 Å². The van der Waals surface area contributed by atoms with Crippen LogP contribution in [0, 0.1) is 25.2 Å². The molecule has 0 spiro atoms. The minimum absolute atomic E-state index is 0.000170. The van der Waals surface area contributed by atoms with Crippen LogP contribution in [-0.4, -0.2) is 15.6 Å². The molecule has 0 saturated heterocycles. The third-order valence-corrected chi connectivity index (χ3v) is 6.39. The van der Waals surface area contributed by atoms with Gasteiger partial charge in [-0.1, -0.05) is 72.3 Å². The van der Waals surface area contributed by atoms with E-state index in [1.54, 1.807) is 48.5 Å². The Hall–Kier alpha value is -4.90. The van der Waals surface area contributed by atoms with Gasteiger partial charge in [-0.05, 0) is 59.4 Å². The van der Waals surface area contributed by atoms with Crippen LogP contribution in [-0.2, 0) is 17.5 Å². The second-order valence-electron chi connectivity index (χ2n) is 9.12. The van der Waals surface area contributed by atoms with E-state index in [1.165, 1.54) is 16.7 Å². The highest BCUT2D eigenvalue weighted by atomic mass is 19.4. The molecule has 0 aliphatic rings. The molecule has 0 atom stereocenters. The van der Waals surface area contributed by atoms with Crippen molar-refractivity contribution in [3.63, 3.8) is 0 Å². The van der Waals surface area contributed by atoms with Gasteiger partial charge in [0.15, 0.2) is 0 Å². The van der Waals surface area contributed by atoms with Crippen molar-refractivity contribution in [1.29, 1.82) is 5.26 Å². The molecule has 0 aliphatic heterocycles. The Balaban J connectivity index is 1.81. The molecule has 0 unspecified atom stereocenters. The number of rotatable bonds is 6. The summed E-state index contributed by atoms with van der Waals surface area (Å²) in [5.74, 6) is -1.05. The zero-order valence-corrected chi connectivity index (χ0v) is 21.1. The van der Waals surface area contributed by atoms with Gasteiger partial charge in [0.25, 0.3) is 5.56 Å². The number of aryl methyl sites for hydroxylation is 2. The van der Waals surface area contributed by atoms with E-state index in [0.29, 0.717) is 11.1 Å². The summed E-state index contributed by atoms with van der Waals surface area (Å²) in [5.41, 5.74) is 2.16. The minimum Gasteiger partial charge on any atom is -0.478 e. The molecule has 0 amide bonds. The molecule has 3 aromatic carbocycles. The number of aliphatic carboxylic acids is 1. The molecular weight excluding hydrogens is 505 g/mol. The number of carboxylic acids is 1. The molecule has 0 bridgehead atoms. The van der Waals surface area contributed by atoms with Gasteiger partial charge in [0.1, 0.15) is 11.6 Å². The maximum absolute atomic E-state index is 13.9. The smallest absolute Gasteiger partial charge is 0.417 e. The Morgan fingerprint density at radius 3 is 2.08 bits per heavy atom. The van der Waals surface area contributed by atoms with Crippen LogP contribution in [0.25, 0.3) is 28.5 Å². The Labute approximate surface area is 222 Å². The van der Waals surface area contributed by atoms with Gasteiger partial charge >= 0.3 is 12.1 Å². The maximum Gasteiger partial charge on any atom is 0.417 e. The first-order chi connectivity index (χ1) is 18.5. The lowest BCUT2D eigenvalue weighted by molar-refractivity contribution is -0.138. The SMILES string of the molecule is Cc1ccc(Cn2c(-c3ccc(-c4ccc(C=CC(=O)O)cc4)cc3)cc(C(F)(F)F)c(C#N)c2=O)c(C)c1. The fourth-order valence-electron chi connectivity index (χ4n) is 4.36. The van der Waals surface area contributed by atoms with Gasteiger partial charge < -0.3 is 9.67 Å². The van der Waals surface area contributed by atoms with Crippen molar-refractivity contribution in [2.45, 2.75) is 26.6 Å². The summed E-state index contributed by atoms with van der Waals surface area (Å²) in [6, 6.07) is 21.8. The number of hydrogen-bond donors (Lipinski definition) is 1. The van der Waals surface area contributed by atoms with E-state index in [1.807, 2.05) is 32.0 Å². The van der Waals surface area contributed by atoms with Crippen LogP contribution >= 0.6 is 0 Å². The monoisotopic (exact) mass is 528 g/mol. The highest BCUT2D eigenvalue weighted by Crippen LogP contribution is 2.34. The predicted octanol–water partition coefficient (Wildman–Crippen LogP) is 6.84. The first-order valence-corrected chi connectivity index (χ1v) is 11.9. The molecule has 1 N–H and O–H groups in total. The van der Waals surface area contributed by atoms with E-state index in [0.717, 1.165) is 40.0 Å². The lowest BCUT2D eigenvalue weighted by atomic mass is 9.99. The lowest BCUT2D eigenvalue weighted by Crippen LogP contribution is -2.29. The molecule has 8 heteroatoms. The van der Waals surface area contributed by atoms with Crippen molar-refractivity contribution in [2.24, 2.45) is 0 Å². The molecule has 4 rings (SSSR count). The fraction of sp³-hybridized carbons (Fsp3) is 0.129. The van der Waals surface area contributed by atoms with Crippen LogP contribution in [0.2, 0.25) is 0 Å². The van der Waals surface area contributed by atoms with Gasteiger partial charge in [0.2, 0.25) is 0 Å². The molecule has 39 heavy (non-hydrogen) atoms. The first-order valence-electron chi connectivity index (χ1n) is 11.9. The van der Waals surface area contributed by atoms with Gasteiger partial charge in [0, 0.05) is 6.08 Å². The molecule has 0 radical (unpaired) electrons. The summed E-state index contributed by atoms with van der Waals surface area (Å²) in [5, 5.41) is 18.2. The maximum atomic E-state index is 13.9. The van der Waals surface area contributed by atoms with Crippen LogP contribution in [0.4, 0.5) is 13.2 Å². The summed E-state index contributed by atoms with van der Waals surface area (Å²) in [4.78, 5) is 24.0. The standard InChI is InChI=1S/C31H23F3N2O3/c1-19-3-7-25(20(2)15-19)18-36-28(16-27(31(32,33)34)26(17-35)30(36)39)24-12-10-23(11-13-24)22-8-4-21(5-9-22)6-14-29(37)38/h3-16H,18H2,1-2H3,(H,37,38). The van der Waals surface area contributed by atoms with E-state index in [4.69, 9.17) is 5.11 Å². The fourth-order valence-corrected chi connectivity index (χ4v) is 4.36. The number of aromatic nitrogens is 1. The number of carbonyl (C=O) groups is 1. The second kappa shape index (κ2) is 10.8. The molecule has 1 aromatic heterocycles. The number of hydrogen-bond acceptors (Lipinski definition) is 3. The Morgan fingerprint density at radius 1 is 0.949 bits per heavy atom. The Bertz CT molecular complexity index is 1680. The van der Waals surface area contributed by atoms with Crippen molar-refractivity contribution in [2.75, 3.05) is 0 Å². The van der Waals surface area contributed by atoms with Gasteiger partial charge in [-0.15, -0.1) is 0 Å². The summed E-state index contributed by atoms with van der Waals surface area (Å²) >= 11 is 0. The Kier molecular flexibility index (Phi) is 7.54. The average Bonchev–Trinajstić information content (AvgIpc) is 2.89. The summed E-state index contributed by atoms with van der Waals surface area (Å²) < 4.78 is 42.8. The molecule has 0 aliphatic carbocycles. The molecule has 5 nitrogen and oxygen atoms in total. The van der Waals surface area contributed by atoms with Gasteiger partial charge in [-0.2, -0.15) is 18.4 Å². The average molecular weight is 529 g/mol. The second-order valence-corrected chi connectivity index (χ2v) is 9.12. The largest absolute Gasteiger partial charge is 0.478 e. The van der Waals surface area contributed by atoms with E-state index < -0.39 is 28.8 Å². The van der Waals surface area contributed by atoms with Crippen LogP contribution in [0.5, 0.6) is 0 Å². The van der Waals surface area contributed by atoms with Crippen molar-refractivity contribution in [3.05, 3.63) is 123 Å². The van der Waals surface area contributed by atoms with E-state index in [9.17, 15) is 28.0 Å². The molecule has 0 saturated carbocycles. The summed E-state index contributed by atoms with van der Waals surface area (Å²) in [7, 11) is 0. The number of alkyl halides is 3. The molecule has 0 fully saturated rings. The normalized spacial score (nSPS) is 11.5. The van der Waals surface area contributed by atoms with E-state index in [-0.39, 0.29) is 12.2 Å². The number of benzene rings is 3. The van der Waals surface area contributed by atoms with E-state index in [2.05, 4.69) is 0 Å². The Morgan fingerprint density at radius 2 is 1.54 bits per heavy atom. The van der Waals surface area contributed by atoms with Crippen LogP contribution < -0.4 is 5.56 Å². The number of carboxylic acid groups (broad SMARTS) is 1. The zero-order valence-electron chi connectivity index (χ0n) is 21.1. The highest BCUT2D eigenvalue weighted by molar-refractivity contribution is 5.85. The van der Waals surface area contributed by atoms with Gasteiger partial charge in [0.05, 0.1) is 17.8 Å². The molecule has 196 valence electrons. The number of pyridine rings is 1. The van der Waals surface area contributed by atoms with Crippen molar-refractivity contribution >= 4 is 12.0 Å². The molecular formula is C31H23F3N2O3. The molecule has 1 heterocycles. The predicted molar refractivity (Wildman–Crippen MR) is 143 cm³/mol. The van der Waals surface area contributed by atoms with Crippen LogP contribution in [0.3, 0.4) is 0 Å². The number of nitriles is 1. The van der Waals surface area contributed by atoms with Gasteiger partial charge in [-0.25, -0.2) is 4.79 Å². The highest BCUT2D eigenvalue weighted by Gasteiger charge is 2.36. The first kappa shape index (κ1) is 27.1. The third kappa shape index (κ3) is 5.99. The summed E-state index contributed by atoms with van der Waals surface area (Å²) in [6.45, 7) is 3.78. The van der Waals surface area contributed by atoms with Crippen LogP contribution in [0.1, 0.15) is 33.4 Å². The zero-order chi connectivity index (χ0) is 28.3. The lowest BCUT2D eigenvalue weighted by Gasteiger charge is -2.19. The van der Waals surface area contributed by atoms with Gasteiger partial charge in [-0.3, -0.25) is 4.79 Å². The van der Waals surface area contributed by atoms with Crippen molar-refractivity contribution in [1.82, 2.24) is 4.57 Å². The molecule has 4 aromatic rings. The van der Waals surface area contributed by atoms with E-state index >= 15 is 0 Å². The topological polar surface area (TPSA) is 83.1 Å². The minimum atomic E-state index is -4.88. The number of halogens is 3. The summed E-state index contributed by atoms with van der Waals surface area (Å²) in [6.07, 6.45) is -2.38. The van der Waals surface area contributed by atoms with Crippen LogP contribution in [0.15, 0.2) is 83.7 Å². The quantitative estimate of drug-likeness (QED) is 0.278.